The standard InChI is InChI=1S/C27H28N4S/c1-19-9-7-8-12-24(19)25(20-10-5-4-6-11-20)32-27-29-28-26(21-13-14-21)31(27)23-17-15-22(16-18-23)30(2)3/h4-12,15-18,21,25H,13-14H2,1-3H3. The lowest BCUT2D eigenvalue weighted by Gasteiger charge is -2.20. The summed E-state index contributed by atoms with van der Waals surface area (Å²) in [6, 6.07) is 28.0. The van der Waals surface area contributed by atoms with E-state index < -0.39 is 0 Å². The van der Waals surface area contributed by atoms with Crippen molar-refractivity contribution in [3.05, 3.63) is 101 Å². The molecule has 0 amide bonds. The van der Waals surface area contributed by atoms with Gasteiger partial charge in [-0.2, -0.15) is 0 Å². The van der Waals surface area contributed by atoms with Gasteiger partial charge in [0.2, 0.25) is 0 Å². The minimum absolute atomic E-state index is 0.147. The molecule has 1 aliphatic carbocycles. The summed E-state index contributed by atoms with van der Waals surface area (Å²) >= 11 is 1.79. The average Bonchev–Trinajstić information content (AvgIpc) is 3.58. The molecule has 5 heteroatoms. The van der Waals surface area contributed by atoms with Crippen molar-refractivity contribution >= 4 is 17.4 Å². The molecule has 1 aromatic heterocycles. The molecule has 0 spiro atoms. The topological polar surface area (TPSA) is 34.0 Å². The largest absolute Gasteiger partial charge is 0.378 e. The molecule has 32 heavy (non-hydrogen) atoms. The molecule has 5 rings (SSSR count). The van der Waals surface area contributed by atoms with E-state index in [-0.39, 0.29) is 5.25 Å². The van der Waals surface area contributed by atoms with E-state index in [1.54, 1.807) is 11.8 Å². The van der Waals surface area contributed by atoms with Gasteiger partial charge >= 0.3 is 0 Å². The number of anilines is 1. The maximum absolute atomic E-state index is 4.70. The zero-order valence-electron chi connectivity index (χ0n) is 18.8. The van der Waals surface area contributed by atoms with E-state index in [1.807, 2.05) is 0 Å². The first-order chi connectivity index (χ1) is 15.6. The van der Waals surface area contributed by atoms with Crippen molar-refractivity contribution in [3.63, 3.8) is 0 Å². The van der Waals surface area contributed by atoms with Gasteiger partial charge in [0.05, 0.1) is 5.25 Å². The fourth-order valence-corrected chi connectivity index (χ4v) is 5.32. The van der Waals surface area contributed by atoms with Crippen LogP contribution in [0.2, 0.25) is 0 Å². The van der Waals surface area contributed by atoms with Gasteiger partial charge in [-0.25, -0.2) is 0 Å². The van der Waals surface area contributed by atoms with Crippen LogP contribution in [0, 0.1) is 6.92 Å². The normalized spacial score (nSPS) is 14.3. The molecule has 4 nitrogen and oxygen atoms in total. The van der Waals surface area contributed by atoms with Crippen LogP contribution < -0.4 is 4.90 Å². The molecular weight excluding hydrogens is 412 g/mol. The molecule has 0 saturated heterocycles. The van der Waals surface area contributed by atoms with Gasteiger partial charge in [0, 0.05) is 31.4 Å². The average molecular weight is 441 g/mol. The van der Waals surface area contributed by atoms with Gasteiger partial charge in [0.15, 0.2) is 5.16 Å². The maximum atomic E-state index is 4.70. The Bertz CT molecular complexity index is 1190. The van der Waals surface area contributed by atoms with E-state index in [4.69, 9.17) is 5.10 Å². The molecule has 0 bridgehead atoms. The van der Waals surface area contributed by atoms with Crippen molar-refractivity contribution in [2.45, 2.75) is 36.1 Å². The highest BCUT2D eigenvalue weighted by Gasteiger charge is 2.32. The number of benzene rings is 3. The smallest absolute Gasteiger partial charge is 0.196 e. The zero-order chi connectivity index (χ0) is 22.1. The van der Waals surface area contributed by atoms with Gasteiger partial charge in [-0.3, -0.25) is 4.57 Å². The third kappa shape index (κ3) is 4.17. The quantitative estimate of drug-likeness (QED) is 0.311. The third-order valence-corrected chi connectivity index (χ3v) is 7.26. The molecule has 1 atom stereocenters. The summed E-state index contributed by atoms with van der Waals surface area (Å²) in [5.41, 5.74) is 6.19. The van der Waals surface area contributed by atoms with Crippen molar-refractivity contribution < 1.29 is 0 Å². The lowest BCUT2D eigenvalue weighted by atomic mass is 10.0. The molecule has 0 aliphatic heterocycles. The number of rotatable bonds is 7. The van der Waals surface area contributed by atoms with Crippen LogP contribution in [-0.4, -0.2) is 28.9 Å². The summed E-state index contributed by atoms with van der Waals surface area (Å²) in [7, 11) is 4.13. The number of aryl methyl sites for hydroxylation is 1. The summed E-state index contributed by atoms with van der Waals surface area (Å²) in [6.45, 7) is 2.19. The van der Waals surface area contributed by atoms with Crippen LogP contribution in [0.3, 0.4) is 0 Å². The van der Waals surface area contributed by atoms with Gasteiger partial charge in [-0.1, -0.05) is 66.4 Å². The highest BCUT2D eigenvalue weighted by molar-refractivity contribution is 7.99. The maximum Gasteiger partial charge on any atom is 0.196 e. The van der Waals surface area contributed by atoms with E-state index in [9.17, 15) is 0 Å². The summed E-state index contributed by atoms with van der Waals surface area (Å²) in [4.78, 5) is 2.12. The SMILES string of the molecule is Cc1ccccc1C(Sc1nnc(C2CC2)n1-c1ccc(N(C)C)cc1)c1ccccc1. The lowest BCUT2D eigenvalue weighted by molar-refractivity contribution is 0.827. The number of hydrogen-bond donors (Lipinski definition) is 0. The number of aromatic nitrogens is 3. The molecule has 1 fully saturated rings. The molecular formula is C27H28N4S. The molecule has 0 radical (unpaired) electrons. The summed E-state index contributed by atoms with van der Waals surface area (Å²) in [6.07, 6.45) is 2.39. The number of thioether (sulfide) groups is 1. The summed E-state index contributed by atoms with van der Waals surface area (Å²) in [5, 5.41) is 10.4. The highest BCUT2D eigenvalue weighted by Crippen LogP contribution is 2.45. The Morgan fingerprint density at radius 2 is 1.56 bits per heavy atom. The number of hydrogen-bond acceptors (Lipinski definition) is 4. The fourth-order valence-electron chi connectivity index (χ4n) is 4.03. The minimum Gasteiger partial charge on any atom is -0.378 e. The Hall–Kier alpha value is -3.05. The summed E-state index contributed by atoms with van der Waals surface area (Å²) in [5.74, 6) is 1.60. The predicted molar refractivity (Wildman–Crippen MR) is 133 cm³/mol. The Balaban J connectivity index is 1.58. The third-order valence-electron chi connectivity index (χ3n) is 6.02. The van der Waals surface area contributed by atoms with E-state index in [2.05, 4.69) is 114 Å². The molecule has 0 N–H and O–H groups in total. The Labute approximate surface area is 194 Å². The van der Waals surface area contributed by atoms with Crippen LogP contribution in [0.4, 0.5) is 5.69 Å². The van der Waals surface area contributed by atoms with Crippen LogP contribution in [0.5, 0.6) is 0 Å². The molecule has 1 aliphatic rings. The van der Waals surface area contributed by atoms with Crippen LogP contribution in [0.25, 0.3) is 5.69 Å². The summed E-state index contributed by atoms with van der Waals surface area (Å²) < 4.78 is 2.27. The molecule has 4 aromatic rings. The monoisotopic (exact) mass is 440 g/mol. The van der Waals surface area contributed by atoms with E-state index in [0.717, 1.165) is 16.7 Å². The lowest BCUT2D eigenvalue weighted by Crippen LogP contribution is -2.09. The Kier molecular flexibility index (Phi) is 5.75. The van der Waals surface area contributed by atoms with Gasteiger partial charge in [0.1, 0.15) is 5.82 Å². The number of nitrogens with zero attached hydrogens (tertiary/aromatic N) is 4. The van der Waals surface area contributed by atoms with Crippen molar-refractivity contribution in [1.82, 2.24) is 14.8 Å². The van der Waals surface area contributed by atoms with Gasteiger partial charge in [0.25, 0.3) is 0 Å². The molecule has 1 unspecified atom stereocenters. The second-order valence-electron chi connectivity index (χ2n) is 8.63. The molecule has 3 aromatic carbocycles. The van der Waals surface area contributed by atoms with Crippen molar-refractivity contribution in [2.75, 3.05) is 19.0 Å². The fraction of sp³-hybridized carbons (Fsp3) is 0.259. The van der Waals surface area contributed by atoms with Gasteiger partial charge in [-0.05, 0) is 60.7 Å². The predicted octanol–water partition coefficient (Wildman–Crippen LogP) is 6.40. The molecule has 1 saturated carbocycles. The van der Waals surface area contributed by atoms with E-state index in [0.29, 0.717) is 5.92 Å². The Morgan fingerprint density at radius 3 is 2.22 bits per heavy atom. The minimum atomic E-state index is 0.147. The van der Waals surface area contributed by atoms with E-state index >= 15 is 0 Å². The van der Waals surface area contributed by atoms with Crippen LogP contribution >= 0.6 is 11.8 Å². The first kappa shape index (κ1) is 20.8. The molecule has 1 heterocycles. The van der Waals surface area contributed by atoms with Gasteiger partial charge < -0.3 is 4.90 Å². The second-order valence-corrected chi connectivity index (χ2v) is 9.70. The first-order valence-corrected chi connectivity index (χ1v) is 12.0. The highest BCUT2D eigenvalue weighted by atomic mass is 32.2. The Morgan fingerprint density at radius 1 is 0.875 bits per heavy atom. The second kappa shape index (κ2) is 8.83. The van der Waals surface area contributed by atoms with Crippen molar-refractivity contribution in [1.29, 1.82) is 0 Å². The zero-order valence-corrected chi connectivity index (χ0v) is 19.6. The van der Waals surface area contributed by atoms with Crippen molar-refractivity contribution in [2.24, 2.45) is 0 Å². The van der Waals surface area contributed by atoms with Gasteiger partial charge in [-0.15, -0.1) is 10.2 Å². The van der Waals surface area contributed by atoms with E-state index in [1.165, 1.54) is 35.2 Å². The first-order valence-electron chi connectivity index (χ1n) is 11.1. The van der Waals surface area contributed by atoms with Crippen LogP contribution in [0.1, 0.15) is 46.5 Å². The van der Waals surface area contributed by atoms with Crippen LogP contribution in [0.15, 0.2) is 84.0 Å². The molecule has 162 valence electrons. The van der Waals surface area contributed by atoms with Crippen LogP contribution in [-0.2, 0) is 0 Å². The van der Waals surface area contributed by atoms with Crippen molar-refractivity contribution in [3.8, 4) is 5.69 Å².